The average molecular weight is 360 g/mol. The zero-order chi connectivity index (χ0) is 18.8. The summed E-state index contributed by atoms with van der Waals surface area (Å²) in [7, 11) is 0. The van der Waals surface area contributed by atoms with Crippen molar-refractivity contribution in [3.63, 3.8) is 0 Å². The van der Waals surface area contributed by atoms with Crippen LogP contribution in [0.15, 0.2) is 60.7 Å². The molecule has 2 N–H and O–H groups in total. The van der Waals surface area contributed by atoms with Gasteiger partial charge in [0.15, 0.2) is 0 Å². The molecule has 2 heteroatoms. The molecule has 148 valence electrons. The molecule has 26 heavy (non-hydrogen) atoms. The normalized spacial score (nSPS) is 9.81. The maximum absolute atomic E-state index is 9.22. The van der Waals surface area contributed by atoms with Crippen LogP contribution in [0.1, 0.15) is 74.4 Å². The van der Waals surface area contributed by atoms with Crippen molar-refractivity contribution in [2.45, 2.75) is 74.1 Å². The summed E-state index contributed by atoms with van der Waals surface area (Å²) in [5, 5.41) is 0. The molecule has 0 heterocycles. The summed E-state index contributed by atoms with van der Waals surface area (Å²) < 4.78 is 0. The molecule has 0 saturated heterocycles. The second-order valence-corrected chi connectivity index (χ2v) is 7.84. The van der Waals surface area contributed by atoms with E-state index in [1.54, 1.807) is 0 Å². The van der Waals surface area contributed by atoms with Crippen LogP contribution in [0.5, 0.6) is 0 Å². The average Bonchev–Trinajstić information content (AvgIpc) is 2.47. The highest BCUT2D eigenvalue weighted by molar-refractivity contribution is 5.70. The minimum Gasteiger partial charge on any atom is -0.370 e. The molecule has 0 saturated carbocycles. The van der Waals surface area contributed by atoms with Crippen LogP contribution >= 0.6 is 0 Å². The van der Waals surface area contributed by atoms with Crippen LogP contribution in [-0.4, -0.2) is 5.91 Å². The van der Waals surface area contributed by atoms with E-state index in [0.29, 0.717) is 10.8 Å². The molecule has 2 aromatic rings. The molecular formula is C24H41NO. The van der Waals surface area contributed by atoms with Gasteiger partial charge >= 0.3 is 0 Å². The second-order valence-electron chi connectivity index (χ2n) is 7.84. The summed E-state index contributed by atoms with van der Waals surface area (Å²) in [6.07, 6.45) is 0. The fraction of sp³-hybridized carbons (Fsp3) is 0.458. The topological polar surface area (TPSA) is 43.1 Å². The quantitative estimate of drug-likeness (QED) is 0.556. The van der Waals surface area contributed by atoms with Crippen LogP contribution < -0.4 is 5.73 Å². The Labute approximate surface area is 162 Å². The number of hydrogen-bond acceptors (Lipinski definition) is 1. The van der Waals surface area contributed by atoms with Crippen molar-refractivity contribution in [1.82, 2.24) is 0 Å². The lowest BCUT2D eigenvalue weighted by molar-refractivity contribution is -0.115. The molecule has 2 aromatic carbocycles. The van der Waals surface area contributed by atoms with Crippen molar-refractivity contribution in [3.05, 3.63) is 71.8 Å². The Morgan fingerprint density at radius 3 is 0.962 bits per heavy atom. The van der Waals surface area contributed by atoms with E-state index in [1.165, 1.54) is 18.1 Å². The maximum atomic E-state index is 9.22. The summed E-state index contributed by atoms with van der Waals surface area (Å²) in [4.78, 5) is 9.22. The van der Waals surface area contributed by atoms with Gasteiger partial charge in [0.25, 0.3) is 0 Å². The van der Waals surface area contributed by atoms with E-state index in [4.69, 9.17) is 0 Å². The molecule has 0 fully saturated rings. The SMILES string of the molecule is C.C.CC(C)(C)c1ccccc1.CC(C)(C)c1ccccc1.CC(N)=O. The van der Waals surface area contributed by atoms with Crippen molar-refractivity contribution in [1.29, 1.82) is 0 Å². The fourth-order valence-corrected chi connectivity index (χ4v) is 1.88. The first-order valence-electron chi connectivity index (χ1n) is 8.31. The lowest BCUT2D eigenvalue weighted by atomic mass is 9.87. The number of benzene rings is 2. The third kappa shape index (κ3) is 14.3. The first-order chi connectivity index (χ1) is 10.9. The second kappa shape index (κ2) is 13.2. The van der Waals surface area contributed by atoms with Crippen LogP contribution in [0.3, 0.4) is 0 Å². The zero-order valence-corrected chi connectivity index (χ0v) is 16.3. The zero-order valence-electron chi connectivity index (χ0n) is 16.3. The van der Waals surface area contributed by atoms with E-state index in [9.17, 15) is 4.79 Å². The summed E-state index contributed by atoms with van der Waals surface area (Å²) in [5.74, 6) is -0.333. The van der Waals surface area contributed by atoms with E-state index in [2.05, 4.69) is 108 Å². The predicted octanol–water partition coefficient (Wildman–Crippen LogP) is 6.73. The summed E-state index contributed by atoms with van der Waals surface area (Å²) >= 11 is 0. The highest BCUT2D eigenvalue weighted by atomic mass is 16.1. The fourth-order valence-electron chi connectivity index (χ4n) is 1.88. The van der Waals surface area contributed by atoms with Gasteiger partial charge in [-0.05, 0) is 22.0 Å². The Balaban J connectivity index is -0.000000319. The van der Waals surface area contributed by atoms with Gasteiger partial charge in [0.1, 0.15) is 0 Å². The highest BCUT2D eigenvalue weighted by Crippen LogP contribution is 2.21. The van der Waals surface area contributed by atoms with Gasteiger partial charge in [-0.25, -0.2) is 0 Å². The number of rotatable bonds is 0. The van der Waals surface area contributed by atoms with Gasteiger partial charge in [-0.3, -0.25) is 4.79 Å². The Bertz CT molecular complexity index is 522. The standard InChI is InChI=1S/2C10H14.C2H5NO.2CH4/c2*1-10(2,3)9-7-5-4-6-8-9;1-2(3)4;;/h2*4-8H,1-3H3;1H3,(H2,3,4);2*1H4. The van der Waals surface area contributed by atoms with E-state index in [0.717, 1.165) is 0 Å². The molecule has 1 amide bonds. The minimum absolute atomic E-state index is 0. The number of hydrogen-bond donors (Lipinski definition) is 1. The minimum atomic E-state index is -0.333. The maximum Gasteiger partial charge on any atom is 0.214 e. The van der Waals surface area contributed by atoms with Gasteiger partial charge in [-0.15, -0.1) is 0 Å². The summed E-state index contributed by atoms with van der Waals surface area (Å²) in [5.41, 5.74) is 7.85. The molecule has 2 rings (SSSR count). The number of carbonyl (C=O) groups is 1. The first kappa shape index (κ1) is 28.7. The third-order valence-corrected chi connectivity index (χ3v) is 3.28. The third-order valence-electron chi connectivity index (χ3n) is 3.28. The molecule has 0 aliphatic carbocycles. The van der Waals surface area contributed by atoms with Gasteiger partial charge in [0.2, 0.25) is 5.91 Å². The van der Waals surface area contributed by atoms with Gasteiger partial charge in [-0.1, -0.05) is 117 Å². The van der Waals surface area contributed by atoms with Crippen LogP contribution in [0, 0.1) is 0 Å². The summed E-state index contributed by atoms with van der Waals surface area (Å²) in [6, 6.07) is 21.1. The highest BCUT2D eigenvalue weighted by Gasteiger charge is 2.11. The molecule has 0 aliphatic rings. The van der Waals surface area contributed by atoms with Crippen molar-refractivity contribution < 1.29 is 4.79 Å². The Hall–Kier alpha value is -2.09. The molecule has 0 unspecified atom stereocenters. The molecule has 0 aromatic heterocycles. The molecule has 0 radical (unpaired) electrons. The number of amides is 1. The molecule has 0 bridgehead atoms. The smallest absolute Gasteiger partial charge is 0.214 e. The van der Waals surface area contributed by atoms with Crippen LogP contribution in [0.4, 0.5) is 0 Å². The molecule has 0 atom stereocenters. The largest absolute Gasteiger partial charge is 0.370 e. The number of primary amides is 1. The van der Waals surface area contributed by atoms with E-state index < -0.39 is 0 Å². The Morgan fingerprint density at radius 2 is 0.846 bits per heavy atom. The lowest BCUT2D eigenvalue weighted by Gasteiger charge is -2.18. The van der Waals surface area contributed by atoms with Gasteiger partial charge in [0.05, 0.1) is 0 Å². The van der Waals surface area contributed by atoms with Crippen molar-refractivity contribution in [2.75, 3.05) is 0 Å². The lowest BCUT2D eigenvalue weighted by Crippen LogP contribution is -2.10. The monoisotopic (exact) mass is 359 g/mol. The van der Waals surface area contributed by atoms with Crippen molar-refractivity contribution in [3.8, 4) is 0 Å². The van der Waals surface area contributed by atoms with Gasteiger partial charge in [0, 0.05) is 6.92 Å². The number of carbonyl (C=O) groups excluding carboxylic acids is 1. The predicted molar refractivity (Wildman–Crippen MR) is 119 cm³/mol. The van der Waals surface area contributed by atoms with Crippen LogP contribution in [0.2, 0.25) is 0 Å². The molecule has 0 aliphatic heterocycles. The Morgan fingerprint density at radius 1 is 0.654 bits per heavy atom. The van der Waals surface area contributed by atoms with Gasteiger partial charge < -0.3 is 5.73 Å². The molecule has 0 spiro atoms. The van der Waals surface area contributed by atoms with E-state index in [1.807, 2.05) is 0 Å². The Kier molecular flexibility index (Phi) is 14.5. The number of nitrogens with two attached hydrogens (primary N) is 1. The molecule has 2 nitrogen and oxygen atoms in total. The van der Waals surface area contributed by atoms with Crippen molar-refractivity contribution in [2.24, 2.45) is 5.73 Å². The van der Waals surface area contributed by atoms with Gasteiger partial charge in [-0.2, -0.15) is 0 Å². The van der Waals surface area contributed by atoms with E-state index in [-0.39, 0.29) is 20.8 Å². The van der Waals surface area contributed by atoms with E-state index >= 15 is 0 Å². The first-order valence-corrected chi connectivity index (χ1v) is 8.31. The molecular weight excluding hydrogens is 318 g/mol. The van der Waals surface area contributed by atoms with Crippen LogP contribution in [-0.2, 0) is 15.6 Å². The van der Waals surface area contributed by atoms with Crippen molar-refractivity contribution >= 4 is 5.91 Å². The summed E-state index contributed by atoms with van der Waals surface area (Å²) in [6.45, 7) is 14.7. The van der Waals surface area contributed by atoms with Crippen LogP contribution in [0.25, 0.3) is 0 Å².